The molecule has 0 spiro atoms. The lowest BCUT2D eigenvalue weighted by Gasteiger charge is -2.29. The molecule has 3 aromatic rings. The van der Waals surface area contributed by atoms with Gasteiger partial charge in [0.05, 0.1) is 27.5 Å². The first-order valence-electron chi connectivity index (χ1n) is 9.30. The molecule has 2 aliphatic rings. The van der Waals surface area contributed by atoms with Crippen molar-refractivity contribution < 1.29 is 14.4 Å². The summed E-state index contributed by atoms with van der Waals surface area (Å²) in [6, 6.07) is 17.3. The summed E-state index contributed by atoms with van der Waals surface area (Å²) in [7, 11) is 0. The van der Waals surface area contributed by atoms with Crippen LogP contribution in [0.4, 0.5) is 11.4 Å². The Balaban J connectivity index is 1.61. The highest BCUT2D eigenvalue weighted by molar-refractivity contribution is 6.42. The maximum Gasteiger partial charge on any atom is 0.266 e. The second-order valence-electron chi connectivity index (χ2n) is 7.02. The Kier molecular flexibility index (Phi) is 4.70. The third-order valence-corrected chi connectivity index (χ3v) is 5.94. The molecule has 8 heteroatoms. The molecule has 0 radical (unpaired) electrons. The Morgan fingerprint density at radius 3 is 2.17 bits per heavy atom. The molecule has 2 amide bonds. The Morgan fingerprint density at radius 1 is 0.833 bits per heavy atom. The number of carbonyl (C=O) groups excluding carboxylic acids is 2. The van der Waals surface area contributed by atoms with E-state index in [2.05, 4.69) is 4.98 Å². The van der Waals surface area contributed by atoms with Crippen LogP contribution in [0.25, 0.3) is 0 Å². The highest BCUT2D eigenvalue weighted by Crippen LogP contribution is 2.49. The number of amides is 2. The molecule has 1 aromatic heterocycles. The van der Waals surface area contributed by atoms with Gasteiger partial charge in [0.1, 0.15) is 5.92 Å². The van der Waals surface area contributed by atoms with Gasteiger partial charge in [0.15, 0.2) is 6.10 Å². The lowest BCUT2D eigenvalue weighted by Crippen LogP contribution is -2.37. The van der Waals surface area contributed by atoms with Crippen molar-refractivity contribution in [1.82, 2.24) is 4.98 Å². The van der Waals surface area contributed by atoms with Crippen LogP contribution in [-0.2, 0) is 14.4 Å². The van der Waals surface area contributed by atoms with E-state index >= 15 is 0 Å². The third-order valence-electron chi connectivity index (χ3n) is 5.33. The normalized spacial score (nSPS) is 23.2. The molecule has 0 bridgehead atoms. The van der Waals surface area contributed by atoms with Crippen LogP contribution in [0.2, 0.25) is 10.0 Å². The lowest BCUT2D eigenvalue weighted by molar-refractivity contribution is -0.126. The van der Waals surface area contributed by atoms with Gasteiger partial charge >= 0.3 is 0 Å². The number of hydrogen-bond acceptors (Lipinski definition) is 5. The lowest BCUT2D eigenvalue weighted by atomic mass is 9.91. The molecule has 6 nitrogen and oxygen atoms in total. The molecular formula is C22H15Cl2N3O3. The van der Waals surface area contributed by atoms with Gasteiger partial charge in [0, 0.05) is 12.4 Å². The monoisotopic (exact) mass is 439 g/mol. The summed E-state index contributed by atoms with van der Waals surface area (Å²) >= 11 is 12.6. The van der Waals surface area contributed by atoms with Crippen LogP contribution in [0.3, 0.4) is 0 Å². The third kappa shape index (κ3) is 2.88. The number of nitrogens with zero attached hydrogens (tertiary/aromatic N) is 3. The summed E-state index contributed by atoms with van der Waals surface area (Å²) < 4.78 is 0. The minimum absolute atomic E-state index is 0.188. The Morgan fingerprint density at radius 2 is 1.50 bits per heavy atom. The summed E-state index contributed by atoms with van der Waals surface area (Å²) in [5.41, 5.74) is 1.75. The van der Waals surface area contributed by atoms with E-state index in [4.69, 9.17) is 28.0 Å². The van der Waals surface area contributed by atoms with Crippen LogP contribution < -0.4 is 9.96 Å². The van der Waals surface area contributed by atoms with Crippen molar-refractivity contribution in [2.45, 2.75) is 12.1 Å². The van der Waals surface area contributed by atoms with Crippen molar-refractivity contribution >= 4 is 46.4 Å². The van der Waals surface area contributed by atoms with Gasteiger partial charge in [-0.15, -0.1) is 0 Å². The van der Waals surface area contributed by atoms with Crippen LogP contribution >= 0.6 is 23.2 Å². The van der Waals surface area contributed by atoms with E-state index in [-0.39, 0.29) is 15.7 Å². The first-order chi connectivity index (χ1) is 14.6. The van der Waals surface area contributed by atoms with Gasteiger partial charge in [-0.05, 0) is 42.0 Å². The van der Waals surface area contributed by atoms with Gasteiger partial charge in [-0.1, -0.05) is 47.5 Å². The Bertz CT molecular complexity index is 1110. The number of para-hydroxylation sites is 2. The standard InChI is InChI=1S/C22H15Cl2N3O3/c23-15-7-4-8-16(24)19(15)26-21(28)17-18(13-9-11-25-12-10-13)27(30-20(17)22(26)29)14-5-2-1-3-6-14/h1-12,17-18,20H/t17-,18-,20-/m1/s1. The van der Waals surface area contributed by atoms with E-state index in [9.17, 15) is 9.59 Å². The second kappa shape index (κ2) is 7.40. The molecule has 0 aliphatic carbocycles. The maximum atomic E-state index is 13.5. The second-order valence-corrected chi connectivity index (χ2v) is 7.84. The van der Waals surface area contributed by atoms with Gasteiger partial charge in [-0.3, -0.25) is 19.4 Å². The fraction of sp³-hybridized carbons (Fsp3) is 0.136. The minimum atomic E-state index is -0.983. The number of fused-ring (bicyclic) bond motifs is 1. The molecule has 3 atom stereocenters. The van der Waals surface area contributed by atoms with Crippen LogP contribution in [0.15, 0.2) is 73.1 Å². The van der Waals surface area contributed by atoms with Crippen molar-refractivity contribution in [1.29, 1.82) is 0 Å². The van der Waals surface area contributed by atoms with Crippen molar-refractivity contribution in [2.75, 3.05) is 9.96 Å². The summed E-state index contributed by atoms with van der Waals surface area (Å²) in [5, 5.41) is 2.08. The van der Waals surface area contributed by atoms with E-state index in [0.717, 1.165) is 16.2 Å². The number of anilines is 2. The average Bonchev–Trinajstić information content (AvgIpc) is 3.27. The van der Waals surface area contributed by atoms with Gasteiger partial charge < -0.3 is 0 Å². The van der Waals surface area contributed by atoms with Crippen LogP contribution in [0.1, 0.15) is 11.6 Å². The van der Waals surface area contributed by atoms with E-state index in [1.165, 1.54) is 0 Å². The predicted molar refractivity (Wildman–Crippen MR) is 113 cm³/mol. The number of aromatic nitrogens is 1. The van der Waals surface area contributed by atoms with Gasteiger partial charge in [-0.2, -0.15) is 0 Å². The molecule has 2 aromatic carbocycles. The molecule has 2 fully saturated rings. The molecule has 0 unspecified atom stereocenters. The number of halogens is 2. The van der Waals surface area contributed by atoms with Gasteiger partial charge in [0.2, 0.25) is 5.91 Å². The molecule has 30 heavy (non-hydrogen) atoms. The smallest absolute Gasteiger partial charge is 0.266 e. The van der Waals surface area contributed by atoms with Crippen molar-refractivity contribution in [2.24, 2.45) is 5.92 Å². The SMILES string of the molecule is O=C1[C@@H]2[C@@H](c3ccncc3)N(c3ccccc3)O[C@H]2C(=O)N1c1c(Cl)cccc1Cl. The van der Waals surface area contributed by atoms with Crippen LogP contribution in [0, 0.1) is 5.92 Å². The number of imide groups is 1. The first-order valence-corrected chi connectivity index (χ1v) is 10.1. The quantitative estimate of drug-likeness (QED) is 0.564. The molecule has 3 heterocycles. The maximum absolute atomic E-state index is 13.5. The largest absolute Gasteiger partial charge is 0.273 e. The molecule has 150 valence electrons. The zero-order valence-corrected chi connectivity index (χ0v) is 17.0. The fourth-order valence-electron chi connectivity index (χ4n) is 4.04. The molecular weight excluding hydrogens is 425 g/mol. The van der Waals surface area contributed by atoms with Gasteiger partial charge in [-0.25, -0.2) is 9.96 Å². The van der Waals surface area contributed by atoms with E-state index in [1.54, 1.807) is 35.7 Å². The van der Waals surface area contributed by atoms with Crippen LogP contribution in [-0.4, -0.2) is 22.9 Å². The zero-order chi connectivity index (χ0) is 20.8. The number of hydroxylamine groups is 1. The highest BCUT2D eigenvalue weighted by Gasteiger charge is 2.60. The average molecular weight is 440 g/mol. The van der Waals surface area contributed by atoms with Crippen molar-refractivity contribution in [3.63, 3.8) is 0 Å². The number of pyridine rings is 1. The Labute approximate surface area is 182 Å². The van der Waals surface area contributed by atoms with E-state index in [0.29, 0.717) is 0 Å². The summed E-state index contributed by atoms with van der Waals surface area (Å²) in [5.74, 6) is -1.65. The molecule has 2 aliphatic heterocycles. The van der Waals surface area contributed by atoms with E-state index < -0.39 is 29.9 Å². The molecule has 5 rings (SSSR count). The summed E-state index contributed by atoms with van der Waals surface area (Å²) in [4.78, 5) is 38.0. The van der Waals surface area contributed by atoms with E-state index in [1.807, 2.05) is 42.5 Å². The number of carbonyl (C=O) groups is 2. The van der Waals surface area contributed by atoms with Crippen molar-refractivity contribution in [3.05, 3.63) is 88.7 Å². The number of rotatable bonds is 3. The fourth-order valence-corrected chi connectivity index (χ4v) is 4.60. The summed E-state index contributed by atoms with van der Waals surface area (Å²) in [6.45, 7) is 0. The zero-order valence-electron chi connectivity index (χ0n) is 15.5. The Hall–Kier alpha value is -2.93. The number of hydrogen-bond donors (Lipinski definition) is 0. The minimum Gasteiger partial charge on any atom is -0.273 e. The van der Waals surface area contributed by atoms with Gasteiger partial charge in [0.25, 0.3) is 5.91 Å². The predicted octanol–water partition coefficient (Wildman–Crippen LogP) is 4.44. The highest BCUT2D eigenvalue weighted by atomic mass is 35.5. The molecule has 0 N–H and O–H groups in total. The topological polar surface area (TPSA) is 62.7 Å². The molecule has 0 saturated carbocycles. The number of benzene rings is 2. The first kappa shape index (κ1) is 19.1. The van der Waals surface area contributed by atoms with Crippen LogP contribution in [0.5, 0.6) is 0 Å². The summed E-state index contributed by atoms with van der Waals surface area (Å²) in [6.07, 6.45) is 2.31. The van der Waals surface area contributed by atoms with Crippen molar-refractivity contribution in [3.8, 4) is 0 Å². The molecule has 2 saturated heterocycles.